The van der Waals surface area contributed by atoms with Gasteiger partial charge >= 0.3 is 6.09 Å². The number of benzene rings is 3. The number of allylic oxidation sites excluding steroid dienone is 1. The summed E-state index contributed by atoms with van der Waals surface area (Å²) in [6.45, 7) is 9.03. The smallest absolute Gasteiger partial charge is 0.410 e. The molecule has 1 atom stereocenters. The number of likely N-dealkylation sites (tertiary alicyclic amines) is 1. The predicted molar refractivity (Wildman–Crippen MR) is 170 cm³/mol. The standard InChI is InChI=1S/C35H41N3O5/c1-34(2,3)43-33(40)37-22-20-35(25-37)19-21-36(24-35)29-15-11-27(12-16-29)32(28-13-17-30(18-14-28)38(41)42)31(10-7-23-39)26-8-5-4-6-9-26/h4-6,8-9,11-18,39H,7,10,19-25H2,1-3H3/b32-31+. The second-order valence-electron chi connectivity index (χ2n) is 12.7. The molecular formula is C35H41N3O5. The number of aliphatic hydroxyl groups is 1. The van der Waals surface area contributed by atoms with Gasteiger partial charge in [-0.3, -0.25) is 10.1 Å². The lowest BCUT2D eigenvalue weighted by Gasteiger charge is -2.27. The molecule has 0 saturated carbocycles. The minimum absolute atomic E-state index is 0.0511. The molecule has 2 aliphatic rings. The first-order valence-corrected chi connectivity index (χ1v) is 15.1. The zero-order chi connectivity index (χ0) is 30.6. The third-order valence-corrected chi connectivity index (χ3v) is 8.43. The van der Waals surface area contributed by atoms with E-state index in [1.165, 1.54) is 0 Å². The van der Waals surface area contributed by atoms with Gasteiger partial charge in [-0.15, -0.1) is 0 Å². The van der Waals surface area contributed by atoms with E-state index in [2.05, 4.69) is 41.3 Å². The molecule has 1 spiro atoms. The molecule has 2 fully saturated rings. The van der Waals surface area contributed by atoms with E-state index < -0.39 is 5.60 Å². The molecule has 226 valence electrons. The van der Waals surface area contributed by atoms with Gasteiger partial charge < -0.3 is 19.6 Å². The molecule has 8 heteroatoms. The molecule has 2 aliphatic heterocycles. The summed E-state index contributed by atoms with van der Waals surface area (Å²) >= 11 is 0. The second-order valence-corrected chi connectivity index (χ2v) is 12.7. The summed E-state index contributed by atoms with van der Waals surface area (Å²) in [6.07, 6.45) is 3.04. The van der Waals surface area contributed by atoms with Crippen LogP contribution in [0.25, 0.3) is 11.1 Å². The topological polar surface area (TPSA) is 96.2 Å². The first-order chi connectivity index (χ1) is 20.6. The number of non-ortho nitro benzene ring substituents is 1. The minimum Gasteiger partial charge on any atom is -0.444 e. The minimum atomic E-state index is -0.503. The number of rotatable bonds is 8. The number of anilines is 1. The molecule has 8 nitrogen and oxygen atoms in total. The van der Waals surface area contributed by atoms with E-state index in [0.717, 1.165) is 72.5 Å². The van der Waals surface area contributed by atoms with Crippen molar-refractivity contribution in [2.75, 3.05) is 37.7 Å². The number of aliphatic hydroxyl groups excluding tert-OH is 1. The van der Waals surface area contributed by atoms with Crippen LogP contribution in [0.3, 0.4) is 0 Å². The van der Waals surface area contributed by atoms with E-state index in [9.17, 15) is 20.0 Å². The predicted octanol–water partition coefficient (Wildman–Crippen LogP) is 7.16. The highest BCUT2D eigenvalue weighted by molar-refractivity contribution is 5.99. The average molecular weight is 584 g/mol. The van der Waals surface area contributed by atoms with Crippen molar-refractivity contribution in [2.45, 2.75) is 52.1 Å². The maximum atomic E-state index is 12.7. The van der Waals surface area contributed by atoms with Crippen LogP contribution in [0.2, 0.25) is 0 Å². The molecule has 3 aromatic carbocycles. The number of ether oxygens (including phenoxy) is 1. The number of hydrogen-bond acceptors (Lipinski definition) is 6. The van der Waals surface area contributed by atoms with Gasteiger partial charge in [-0.05, 0) is 98.6 Å². The van der Waals surface area contributed by atoms with Gasteiger partial charge in [0, 0.05) is 56.0 Å². The van der Waals surface area contributed by atoms with Crippen LogP contribution >= 0.6 is 0 Å². The zero-order valence-electron chi connectivity index (χ0n) is 25.3. The van der Waals surface area contributed by atoms with Crippen LogP contribution in [0.4, 0.5) is 16.2 Å². The zero-order valence-corrected chi connectivity index (χ0v) is 25.3. The number of nitro groups is 1. The lowest BCUT2D eigenvalue weighted by Crippen LogP contribution is -2.37. The van der Waals surface area contributed by atoms with E-state index in [0.29, 0.717) is 12.8 Å². The van der Waals surface area contributed by atoms with Crippen LogP contribution in [0, 0.1) is 15.5 Å². The van der Waals surface area contributed by atoms with Gasteiger partial charge in [0.1, 0.15) is 5.60 Å². The monoisotopic (exact) mass is 583 g/mol. The van der Waals surface area contributed by atoms with Crippen LogP contribution in [-0.4, -0.2) is 59.4 Å². The summed E-state index contributed by atoms with van der Waals surface area (Å²) in [5.74, 6) is 0. The van der Waals surface area contributed by atoms with Crippen LogP contribution in [0.15, 0.2) is 78.9 Å². The SMILES string of the molecule is CC(C)(C)OC(=O)N1CCC2(CCN(c3ccc(/C(=C(/CCCO)c4ccccc4)c4ccc([N+](=O)[O-])cc4)cc3)C2)C1. The highest BCUT2D eigenvalue weighted by atomic mass is 16.6. The van der Waals surface area contributed by atoms with Crippen molar-refractivity contribution in [1.82, 2.24) is 4.90 Å². The quantitative estimate of drug-likeness (QED) is 0.172. The van der Waals surface area contributed by atoms with Crippen molar-refractivity contribution in [1.29, 1.82) is 0 Å². The molecule has 43 heavy (non-hydrogen) atoms. The number of carbonyl (C=O) groups is 1. The molecule has 2 saturated heterocycles. The molecule has 2 heterocycles. The van der Waals surface area contributed by atoms with Gasteiger partial charge in [0.2, 0.25) is 0 Å². The Balaban J connectivity index is 1.42. The third kappa shape index (κ3) is 7.08. The summed E-state index contributed by atoms with van der Waals surface area (Å²) in [6, 6.07) is 25.4. The van der Waals surface area contributed by atoms with Crippen molar-refractivity contribution in [3.63, 3.8) is 0 Å². The van der Waals surface area contributed by atoms with Gasteiger partial charge in [-0.1, -0.05) is 42.5 Å². The van der Waals surface area contributed by atoms with Crippen molar-refractivity contribution >= 4 is 28.6 Å². The Hall–Kier alpha value is -4.17. The van der Waals surface area contributed by atoms with E-state index >= 15 is 0 Å². The molecule has 1 amide bonds. The summed E-state index contributed by atoms with van der Waals surface area (Å²) in [4.78, 5) is 27.9. The normalized spacial score (nSPS) is 19.1. The highest BCUT2D eigenvalue weighted by Crippen LogP contribution is 2.42. The molecule has 0 aliphatic carbocycles. The lowest BCUT2D eigenvalue weighted by molar-refractivity contribution is -0.384. The molecule has 1 N–H and O–H groups in total. The molecule has 0 aromatic heterocycles. The molecule has 0 radical (unpaired) electrons. The van der Waals surface area contributed by atoms with Crippen LogP contribution < -0.4 is 4.90 Å². The molecule has 0 bridgehead atoms. The largest absolute Gasteiger partial charge is 0.444 e. The van der Waals surface area contributed by atoms with Gasteiger partial charge in [0.05, 0.1) is 4.92 Å². The van der Waals surface area contributed by atoms with E-state index in [1.807, 2.05) is 56.0 Å². The number of carbonyl (C=O) groups excluding carboxylic acids is 1. The Labute approximate surface area is 253 Å². The van der Waals surface area contributed by atoms with E-state index in [-0.39, 0.29) is 28.7 Å². The Morgan fingerprint density at radius 1 is 0.907 bits per heavy atom. The van der Waals surface area contributed by atoms with Gasteiger partial charge in [-0.2, -0.15) is 0 Å². The maximum absolute atomic E-state index is 12.7. The summed E-state index contributed by atoms with van der Waals surface area (Å²) in [7, 11) is 0. The summed E-state index contributed by atoms with van der Waals surface area (Å²) in [5.41, 5.74) is 5.81. The molecule has 5 rings (SSSR count). The van der Waals surface area contributed by atoms with Gasteiger partial charge in [0.25, 0.3) is 5.69 Å². The average Bonchev–Trinajstić information content (AvgIpc) is 3.62. The van der Waals surface area contributed by atoms with Gasteiger partial charge in [0.15, 0.2) is 0 Å². The number of amides is 1. The fraction of sp³-hybridized carbons (Fsp3) is 0.400. The van der Waals surface area contributed by atoms with Gasteiger partial charge in [-0.25, -0.2) is 4.79 Å². The van der Waals surface area contributed by atoms with Crippen molar-refractivity contribution in [3.8, 4) is 0 Å². The van der Waals surface area contributed by atoms with E-state index in [4.69, 9.17) is 4.74 Å². The first kappa shape index (κ1) is 30.3. The molecule has 1 unspecified atom stereocenters. The number of nitrogens with zero attached hydrogens (tertiary/aromatic N) is 3. The molecular weight excluding hydrogens is 542 g/mol. The summed E-state index contributed by atoms with van der Waals surface area (Å²) in [5, 5.41) is 21.0. The van der Waals surface area contributed by atoms with E-state index in [1.54, 1.807) is 12.1 Å². The van der Waals surface area contributed by atoms with Crippen molar-refractivity contribution < 1.29 is 19.6 Å². The molecule has 3 aromatic rings. The fourth-order valence-corrected chi connectivity index (χ4v) is 6.32. The third-order valence-electron chi connectivity index (χ3n) is 8.43. The number of hydrogen-bond donors (Lipinski definition) is 1. The Kier molecular flexibility index (Phi) is 8.87. The Bertz CT molecular complexity index is 1460. The lowest BCUT2D eigenvalue weighted by atomic mass is 9.86. The summed E-state index contributed by atoms with van der Waals surface area (Å²) < 4.78 is 5.62. The highest BCUT2D eigenvalue weighted by Gasteiger charge is 2.45. The van der Waals surface area contributed by atoms with Crippen LogP contribution in [-0.2, 0) is 4.74 Å². The van der Waals surface area contributed by atoms with Crippen molar-refractivity contribution in [2.24, 2.45) is 5.41 Å². The number of nitro benzene ring substituents is 1. The van der Waals surface area contributed by atoms with Crippen LogP contribution in [0.1, 0.15) is 63.1 Å². The Morgan fingerprint density at radius 2 is 1.53 bits per heavy atom. The first-order valence-electron chi connectivity index (χ1n) is 15.1. The maximum Gasteiger partial charge on any atom is 0.410 e. The fourth-order valence-electron chi connectivity index (χ4n) is 6.32. The van der Waals surface area contributed by atoms with Crippen LogP contribution in [0.5, 0.6) is 0 Å². The second kappa shape index (κ2) is 12.6. The van der Waals surface area contributed by atoms with Crippen molar-refractivity contribution in [3.05, 3.63) is 106 Å². The Morgan fingerprint density at radius 3 is 2.14 bits per heavy atom.